The average Bonchev–Trinajstić information content (AvgIpc) is 3.32. The van der Waals surface area contributed by atoms with Gasteiger partial charge in [0.05, 0.1) is 13.2 Å². The molecule has 3 aromatic rings. The van der Waals surface area contributed by atoms with Gasteiger partial charge in [-0.15, -0.1) is 5.10 Å². The Balaban J connectivity index is 1.54. The first kappa shape index (κ1) is 23.4. The molecule has 0 atom stereocenters. The van der Waals surface area contributed by atoms with Crippen LogP contribution in [0.25, 0.3) is 11.4 Å². The van der Waals surface area contributed by atoms with Gasteiger partial charge in [0.25, 0.3) is 5.91 Å². The van der Waals surface area contributed by atoms with Crippen LogP contribution in [0, 0.1) is 0 Å². The zero-order valence-corrected chi connectivity index (χ0v) is 19.7. The fraction of sp³-hybridized carbons (Fsp3) is 0.375. The Kier molecular flexibility index (Phi) is 7.48. The van der Waals surface area contributed by atoms with Gasteiger partial charge in [0, 0.05) is 42.7 Å². The third kappa shape index (κ3) is 5.57. The average molecular weight is 463 g/mol. The number of hydrogen-bond donors (Lipinski definition) is 3. The van der Waals surface area contributed by atoms with E-state index < -0.39 is 0 Å². The molecule has 0 fully saturated rings. The molecule has 0 saturated heterocycles. The van der Waals surface area contributed by atoms with Crippen molar-refractivity contribution < 1.29 is 9.53 Å². The second-order valence-corrected chi connectivity index (χ2v) is 8.35. The Bertz CT molecular complexity index is 1170. The Morgan fingerprint density at radius 1 is 1.24 bits per heavy atom. The molecule has 0 radical (unpaired) electrons. The van der Waals surface area contributed by atoms with E-state index in [1.54, 1.807) is 11.8 Å². The summed E-state index contributed by atoms with van der Waals surface area (Å²) in [6, 6.07) is 13.6. The minimum Gasteiger partial charge on any atom is -0.383 e. The maximum absolute atomic E-state index is 12.8. The number of amides is 1. The number of guanidine groups is 1. The number of nitrogens with zero attached hydrogens (tertiary/aromatic N) is 5. The van der Waals surface area contributed by atoms with E-state index in [0.717, 1.165) is 42.0 Å². The minimum atomic E-state index is -0.175. The van der Waals surface area contributed by atoms with Crippen molar-refractivity contribution in [1.29, 1.82) is 0 Å². The number of anilines is 2. The van der Waals surface area contributed by atoms with Crippen LogP contribution in [0.5, 0.6) is 0 Å². The van der Waals surface area contributed by atoms with E-state index >= 15 is 0 Å². The molecule has 178 valence electrons. The quantitative estimate of drug-likeness (QED) is 0.471. The number of hydrogen-bond acceptors (Lipinski definition) is 8. The molecule has 1 aromatic heterocycles. The molecule has 3 N–H and O–H groups in total. The number of methoxy groups -OCH3 is 1. The molecule has 10 heteroatoms. The second-order valence-electron chi connectivity index (χ2n) is 8.35. The lowest BCUT2D eigenvalue weighted by Gasteiger charge is -2.18. The fourth-order valence-corrected chi connectivity index (χ4v) is 3.72. The largest absolute Gasteiger partial charge is 0.383 e. The SMILES string of the molecule is COCCn1nnnc1-c1cccc(Nc2ccc(C(=O)NC3=NCCCN3)cc2C(C)C)c1. The Labute approximate surface area is 198 Å². The summed E-state index contributed by atoms with van der Waals surface area (Å²) in [4.78, 5) is 17.1. The monoisotopic (exact) mass is 462 g/mol. The summed E-state index contributed by atoms with van der Waals surface area (Å²) in [5.74, 6) is 1.25. The Hall–Kier alpha value is -3.79. The predicted octanol–water partition coefficient (Wildman–Crippen LogP) is 2.93. The number of ether oxygens (including phenoxy) is 1. The molecule has 0 unspecified atom stereocenters. The molecule has 1 aliphatic heterocycles. The molecule has 0 spiro atoms. The van der Waals surface area contributed by atoms with Crippen molar-refractivity contribution in [3.63, 3.8) is 0 Å². The van der Waals surface area contributed by atoms with E-state index in [2.05, 4.69) is 50.3 Å². The van der Waals surface area contributed by atoms with Gasteiger partial charge in [0.1, 0.15) is 0 Å². The summed E-state index contributed by atoms with van der Waals surface area (Å²) in [5, 5.41) is 21.5. The first-order chi connectivity index (χ1) is 16.5. The van der Waals surface area contributed by atoms with E-state index in [1.165, 1.54) is 0 Å². The van der Waals surface area contributed by atoms with Crippen LogP contribution in [0.2, 0.25) is 0 Å². The number of rotatable bonds is 8. The summed E-state index contributed by atoms with van der Waals surface area (Å²) in [6.07, 6.45) is 0.973. The molecular formula is C24H30N8O2. The van der Waals surface area contributed by atoms with Crippen LogP contribution in [-0.2, 0) is 11.3 Å². The first-order valence-corrected chi connectivity index (χ1v) is 11.4. The number of carbonyl (C=O) groups excluding carboxylic acids is 1. The standard InChI is InChI=1S/C24H30N8O2/c1-16(2)20-15-18(23(33)28-24-25-10-5-11-26-24)8-9-21(20)27-19-7-4-6-17(14-19)22-29-30-31-32(22)12-13-34-3/h4,6-9,14-16,27H,5,10-13H2,1-3H3,(H2,25,26,28,33). The van der Waals surface area contributed by atoms with Gasteiger partial charge in [-0.25, -0.2) is 4.68 Å². The van der Waals surface area contributed by atoms with Crippen LogP contribution >= 0.6 is 0 Å². The summed E-state index contributed by atoms with van der Waals surface area (Å²) >= 11 is 0. The van der Waals surface area contributed by atoms with Crippen molar-refractivity contribution in [2.24, 2.45) is 4.99 Å². The van der Waals surface area contributed by atoms with Crippen LogP contribution in [0.3, 0.4) is 0 Å². The number of benzene rings is 2. The molecular weight excluding hydrogens is 432 g/mol. The number of aliphatic imine (C=N–C) groups is 1. The van der Waals surface area contributed by atoms with Crippen molar-refractivity contribution in [3.8, 4) is 11.4 Å². The van der Waals surface area contributed by atoms with Gasteiger partial charge in [-0.3, -0.25) is 15.1 Å². The zero-order chi connectivity index (χ0) is 23.9. The lowest BCUT2D eigenvalue weighted by molar-refractivity contribution is 0.0975. The molecule has 1 aliphatic rings. The van der Waals surface area contributed by atoms with Crippen molar-refractivity contribution in [3.05, 3.63) is 53.6 Å². The summed E-state index contributed by atoms with van der Waals surface area (Å²) in [7, 11) is 1.65. The predicted molar refractivity (Wildman–Crippen MR) is 131 cm³/mol. The van der Waals surface area contributed by atoms with E-state index in [0.29, 0.717) is 30.5 Å². The van der Waals surface area contributed by atoms with Crippen molar-refractivity contribution in [2.75, 3.05) is 32.1 Å². The number of nitrogens with one attached hydrogen (secondary N) is 3. The summed E-state index contributed by atoms with van der Waals surface area (Å²) in [6.45, 7) is 6.85. The highest BCUT2D eigenvalue weighted by molar-refractivity contribution is 6.06. The lowest BCUT2D eigenvalue weighted by atomic mass is 9.98. The van der Waals surface area contributed by atoms with Crippen LogP contribution < -0.4 is 16.0 Å². The summed E-state index contributed by atoms with van der Waals surface area (Å²) in [5.41, 5.74) is 4.38. The fourth-order valence-electron chi connectivity index (χ4n) is 3.72. The molecule has 10 nitrogen and oxygen atoms in total. The van der Waals surface area contributed by atoms with Crippen LogP contribution in [-0.4, -0.2) is 58.9 Å². The smallest absolute Gasteiger partial charge is 0.257 e. The molecule has 1 amide bonds. The van der Waals surface area contributed by atoms with Crippen LogP contribution in [0.15, 0.2) is 47.5 Å². The van der Waals surface area contributed by atoms with E-state index in [-0.39, 0.29) is 11.8 Å². The van der Waals surface area contributed by atoms with Crippen LogP contribution in [0.1, 0.15) is 42.1 Å². The van der Waals surface area contributed by atoms with Gasteiger partial charge >= 0.3 is 0 Å². The summed E-state index contributed by atoms with van der Waals surface area (Å²) < 4.78 is 6.87. The maximum Gasteiger partial charge on any atom is 0.257 e. The van der Waals surface area contributed by atoms with E-state index in [1.807, 2.05) is 42.5 Å². The van der Waals surface area contributed by atoms with Crippen molar-refractivity contribution in [2.45, 2.75) is 32.7 Å². The lowest BCUT2D eigenvalue weighted by Crippen LogP contribution is -2.43. The topological polar surface area (TPSA) is 118 Å². The zero-order valence-electron chi connectivity index (χ0n) is 19.7. The number of aromatic nitrogens is 4. The van der Waals surface area contributed by atoms with Gasteiger partial charge < -0.3 is 15.4 Å². The molecule has 34 heavy (non-hydrogen) atoms. The van der Waals surface area contributed by atoms with Crippen molar-refractivity contribution >= 4 is 23.2 Å². The molecule has 0 aliphatic carbocycles. The van der Waals surface area contributed by atoms with E-state index in [9.17, 15) is 4.79 Å². The Morgan fingerprint density at radius 3 is 2.88 bits per heavy atom. The number of tetrazole rings is 1. The third-order valence-corrected chi connectivity index (χ3v) is 5.50. The normalized spacial score (nSPS) is 13.4. The number of carbonyl (C=O) groups is 1. The van der Waals surface area contributed by atoms with Gasteiger partial charge in [-0.2, -0.15) is 0 Å². The third-order valence-electron chi connectivity index (χ3n) is 5.50. The van der Waals surface area contributed by atoms with Gasteiger partial charge in [-0.1, -0.05) is 26.0 Å². The molecule has 2 aromatic carbocycles. The highest BCUT2D eigenvalue weighted by Gasteiger charge is 2.15. The second kappa shape index (κ2) is 10.9. The highest BCUT2D eigenvalue weighted by atomic mass is 16.5. The first-order valence-electron chi connectivity index (χ1n) is 11.4. The van der Waals surface area contributed by atoms with Gasteiger partial charge in [0.15, 0.2) is 11.8 Å². The molecule has 2 heterocycles. The molecule has 0 bridgehead atoms. The van der Waals surface area contributed by atoms with Crippen molar-refractivity contribution in [1.82, 2.24) is 30.8 Å². The Morgan fingerprint density at radius 2 is 2.12 bits per heavy atom. The van der Waals surface area contributed by atoms with Gasteiger partial charge in [-0.05, 0) is 58.7 Å². The maximum atomic E-state index is 12.8. The molecule has 4 rings (SSSR count). The highest BCUT2D eigenvalue weighted by Crippen LogP contribution is 2.30. The van der Waals surface area contributed by atoms with E-state index in [4.69, 9.17) is 4.74 Å². The minimum absolute atomic E-state index is 0.175. The van der Waals surface area contributed by atoms with Gasteiger partial charge in [0.2, 0.25) is 0 Å². The van der Waals surface area contributed by atoms with Crippen LogP contribution in [0.4, 0.5) is 11.4 Å². The molecule has 0 saturated carbocycles.